The summed E-state index contributed by atoms with van der Waals surface area (Å²) < 4.78 is 5.73. The number of carbonyl (C=O) groups is 1. The predicted octanol–water partition coefficient (Wildman–Crippen LogP) is 5.01. The van der Waals surface area contributed by atoms with Crippen molar-refractivity contribution in [3.05, 3.63) is 63.9 Å². The molecule has 0 radical (unpaired) electrons. The zero-order valence-corrected chi connectivity index (χ0v) is 16.6. The van der Waals surface area contributed by atoms with Crippen molar-refractivity contribution in [3.8, 4) is 10.8 Å². The van der Waals surface area contributed by atoms with Crippen LogP contribution in [0.2, 0.25) is 0 Å². The van der Waals surface area contributed by atoms with Gasteiger partial charge in [0.2, 0.25) is 11.8 Å². The summed E-state index contributed by atoms with van der Waals surface area (Å²) in [4.78, 5) is 18.0. The van der Waals surface area contributed by atoms with E-state index in [2.05, 4.69) is 28.5 Å². The number of carbonyl (C=O) groups excluding carboxylic acids is 1. The molecule has 1 aliphatic rings. The molecule has 1 aromatic carbocycles. The summed E-state index contributed by atoms with van der Waals surface area (Å²) in [7, 11) is 0. The second-order valence-corrected chi connectivity index (χ2v) is 8.15. The van der Waals surface area contributed by atoms with Crippen LogP contribution in [0.3, 0.4) is 0 Å². The van der Waals surface area contributed by atoms with Gasteiger partial charge in [0.25, 0.3) is 0 Å². The molecule has 0 spiro atoms. The van der Waals surface area contributed by atoms with E-state index < -0.39 is 0 Å². The van der Waals surface area contributed by atoms with Gasteiger partial charge >= 0.3 is 0 Å². The number of amides is 1. The molecule has 0 saturated heterocycles. The zero-order chi connectivity index (χ0) is 18.8. The van der Waals surface area contributed by atoms with Crippen molar-refractivity contribution < 1.29 is 9.21 Å². The van der Waals surface area contributed by atoms with Crippen LogP contribution in [0.5, 0.6) is 0 Å². The van der Waals surface area contributed by atoms with Gasteiger partial charge in [0.1, 0.15) is 5.76 Å². The molecule has 4 rings (SSSR count). The van der Waals surface area contributed by atoms with Crippen LogP contribution in [-0.4, -0.2) is 10.9 Å². The predicted molar refractivity (Wildman–Crippen MR) is 108 cm³/mol. The molecule has 1 aliphatic carbocycles. The molecule has 27 heavy (non-hydrogen) atoms. The standard InChI is InChI=1S/C22H24N2O2S/c1-14(17-10-9-16-6-3-4-7-18(16)12-17)23-21(25)13-19-15(2)26-22(24-19)20-8-5-11-27-20/h5,8-12,14H,3-4,6-7,13H2,1-2H3,(H,23,25)/t14-/m0/s1. The molecule has 0 fully saturated rings. The summed E-state index contributed by atoms with van der Waals surface area (Å²) in [5, 5.41) is 5.09. The number of fused-ring (bicyclic) bond motifs is 1. The van der Waals surface area contributed by atoms with Crippen molar-refractivity contribution in [2.24, 2.45) is 0 Å². The van der Waals surface area contributed by atoms with Crippen molar-refractivity contribution in [1.29, 1.82) is 0 Å². The molecule has 2 heterocycles. The number of rotatable bonds is 5. The first-order valence-corrected chi connectivity index (χ1v) is 10.4. The molecule has 140 valence electrons. The van der Waals surface area contributed by atoms with Gasteiger partial charge in [-0.05, 0) is 67.7 Å². The SMILES string of the molecule is Cc1oc(-c2cccs2)nc1CC(=O)N[C@@H](C)c1ccc2c(c1)CCCC2. The highest BCUT2D eigenvalue weighted by atomic mass is 32.1. The Morgan fingerprint density at radius 1 is 1.26 bits per heavy atom. The molecule has 2 aromatic heterocycles. The highest BCUT2D eigenvalue weighted by Gasteiger charge is 2.18. The van der Waals surface area contributed by atoms with E-state index in [9.17, 15) is 4.79 Å². The van der Waals surface area contributed by atoms with Crippen molar-refractivity contribution in [3.63, 3.8) is 0 Å². The van der Waals surface area contributed by atoms with Crippen LogP contribution in [0, 0.1) is 6.92 Å². The van der Waals surface area contributed by atoms with Crippen LogP contribution >= 0.6 is 11.3 Å². The smallest absolute Gasteiger partial charge is 0.236 e. The number of hydrogen-bond acceptors (Lipinski definition) is 4. The maximum absolute atomic E-state index is 12.5. The third-order valence-electron chi connectivity index (χ3n) is 5.20. The van der Waals surface area contributed by atoms with Gasteiger partial charge in [-0.1, -0.05) is 24.3 Å². The maximum atomic E-state index is 12.5. The summed E-state index contributed by atoms with van der Waals surface area (Å²) in [5.74, 6) is 1.26. The number of aromatic nitrogens is 1. The Labute approximate surface area is 163 Å². The Balaban J connectivity index is 1.42. The number of aryl methyl sites for hydroxylation is 3. The Kier molecular flexibility index (Phi) is 5.12. The average Bonchev–Trinajstić information content (AvgIpc) is 3.31. The van der Waals surface area contributed by atoms with Gasteiger partial charge in [-0.2, -0.15) is 0 Å². The van der Waals surface area contributed by atoms with Gasteiger partial charge in [0, 0.05) is 0 Å². The molecule has 0 saturated carbocycles. The van der Waals surface area contributed by atoms with E-state index in [-0.39, 0.29) is 18.4 Å². The number of hydrogen-bond donors (Lipinski definition) is 1. The van der Waals surface area contributed by atoms with Crippen LogP contribution in [0.15, 0.2) is 40.1 Å². The molecule has 0 unspecified atom stereocenters. The quantitative estimate of drug-likeness (QED) is 0.677. The fourth-order valence-electron chi connectivity index (χ4n) is 3.65. The number of nitrogens with one attached hydrogen (secondary N) is 1. The number of nitrogens with zero attached hydrogens (tertiary/aromatic N) is 1. The second-order valence-electron chi connectivity index (χ2n) is 7.20. The van der Waals surface area contributed by atoms with Crippen LogP contribution in [0.4, 0.5) is 0 Å². The van der Waals surface area contributed by atoms with E-state index in [1.807, 2.05) is 31.4 Å². The largest absolute Gasteiger partial charge is 0.440 e. The summed E-state index contributed by atoms with van der Waals surface area (Å²) in [6.45, 7) is 3.90. The minimum absolute atomic E-state index is 0.0197. The zero-order valence-electron chi connectivity index (χ0n) is 15.7. The highest BCUT2D eigenvalue weighted by Crippen LogP contribution is 2.27. The fraction of sp³-hybridized carbons (Fsp3) is 0.364. The Hall–Kier alpha value is -2.40. The molecule has 1 amide bonds. The normalized spacial score (nSPS) is 14.6. The monoisotopic (exact) mass is 380 g/mol. The van der Waals surface area contributed by atoms with Crippen molar-refractivity contribution in [2.75, 3.05) is 0 Å². The lowest BCUT2D eigenvalue weighted by Crippen LogP contribution is -2.28. The summed E-state index contributed by atoms with van der Waals surface area (Å²) >= 11 is 1.58. The summed E-state index contributed by atoms with van der Waals surface area (Å²) in [6, 6.07) is 10.5. The molecule has 1 N–H and O–H groups in total. The van der Waals surface area contributed by atoms with E-state index in [1.54, 1.807) is 11.3 Å². The van der Waals surface area contributed by atoms with Crippen molar-refractivity contribution in [2.45, 2.75) is 52.0 Å². The lowest BCUT2D eigenvalue weighted by atomic mass is 9.89. The van der Waals surface area contributed by atoms with E-state index in [4.69, 9.17) is 4.42 Å². The number of benzene rings is 1. The minimum atomic E-state index is -0.0330. The van der Waals surface area contributed by atoms with Gasteiger partial charge in [0.15, 0.2) is 0 Å². The van der Waals surface area contributed by atoms with E-state index in [0.717, 1.165) is 11.3 Å². The Bertz CT molecular complexity index is 943. The van der Waals surface area contributed by atoms with E-state index in [1.165, 1.54) is 36.0 Å². The second kappa shape index (κ2) is 7.69. The molecule has 4 nitrogen and oxygen atoms in total. The van der Waals surface area contributed by atoms with Crippen molar-refractivity contribution in [1.82, 2.24) is 10.3 Å². The minimum Gasteiger partial charge on any atom is -0.440 e. The average molecular weight is 381 g/mol. The molecule has 0 bridgehead atoms. The van der Waals surface area contributed by atoms with Crippen LogP contribution in [0.1, 0.15) is 54.0 Å². The third kappa shape index (κ3) is 3.98. The van der Waals surface area contributed by atoms with Gasteiger partial charge in [-0.3, -0.25) is 4.79 Å². The van der Waals surface area contributed by atoms with Crippen LogP contribution in [0.25, 0.3) is 10.8 Å². The first-order chi connectivity index (χ1) is 13.1. The topological polar surface area (TPSA) is 55.1 Å². The molecule has 5 heteroatoms. The fourth-order valence-corrected chi connectivity index (χ4v) is 4.30. The number of oxazole rings is 1. The van der Waals surface area contributed by atoms with Crippen LogP contribution in [-0.2, 0) is 24.1 Å². The summed E-state index contributed by atoms with van der Waals surface area (Å²) in [6.07, 6.45) is 5.09. The van der Waals surface area contributed by atoms with Gasteiger partial charge in [-0.25, -0.2) is 4.98 Å². The van der Waals surface area contributed by atoms with E-state index in [0.29, 0.717) is 17.3 Å². The molecular weight excluding hydrogens is 356 g/mol. The van der Waals surface area contributed by atoms with Crippen LogP contribution < -0.4 is 5.32 Å². The summed E-state index contributed by atoms with van der Waals surface area (Å²) in [5.41, 5.74) is 4.77. The maximum Gasteiger partial charge on any atom is 0.236 e. The molecular formula is C22H24N2O2S. The first kappa shape index (κ1) is 18.0. The molecule has 3 aromatic rings. The Morgan fingerprint density at radius 3 is 2.85 bits per heavy atom. The number of thiophene rings is 1. The lowest BCUT2D eigenvalue weighted by molar-refractivity contribution is -0.121. The lowest BCUT2D eigenvalue weighted by Gasteiger charge is -2.20. The van der Waals surface area contributed by atoms with Gasteiger partial charge < -0.3 is 9.73 Å². The third-order valence-corrected chi connectivity index (χ3v) is 6.06. The van der Waals surface area contributed by atoms with Crippen molar-refractivity contribution >= 4 is 17.2 Å². The van der Waals surface area contributed by atoms with Gasteiger partial charge in [-0.15, -0.1) is 11.3 Å². The molecule has 1 atom stereocenters. The highest BCUT2D eigenvalue weighted by molar-refractivity contribution is 7.13. The van der Waals surface area contributed by atoms with E-state index >= 15 is 0 Å². The Morgan fingerprint density at radius 2 is 2.07 bits per heavy atom. The molecule has 0 aliphatic heterocycles. The first-order valence-electron chi connectivity index (χ1n) is 9.51. The van der Waals surface area contributed by atoms with Gasteiger partial charge in [0.05, 0.1) is 23.0 Å².